The summed E-state index contributed by atoms with van der Waals surface area (Å²) in [6.07, 6.45) is -4.27. The Bertz CT molecular complexity index is 342. The first-order valence-corrected chi connectivity index (χ1v) is 4.31. The quantitative estimate of drug-likeness (QED) is 0.670. The molecular formula is C8H10F3N3. The van der Waals surface area contributed by atoms with Crippen molar-refractivity contribution in [3.05, 3.63) is 17.2 Å². The second kappa shape index (κ2) is 2.98. The fourth-order valence-electron chi connectivity index (χ4n) is 1.63. The summed E-state index contributed by atoms with van der Waals surface area (Å²) in [4.78, 5) is 6.95. The van der Waals surface area contributed by atoms with Gasteiger partial charge in [0.05, 0.1) is 11.4 Å². The molecule has 1 aromatic rings. The van der Waals surface area contributed by atoms with E-state index < -0.39 is 12.2 Å². The van der Waals surface area contributed by atoms with Gasteiger partial charge in [-0.15, -0.1) is 0 Å². The monoisotopic (exact) mass is 205 g/mol. The van der Waals surface area contributed by atoms with Crippen LogP contribution in [0.1, 0.15) is 17.2 Å². The molecule has 3 nitrogen and oxygen atoms in total. The van der Waals surface area contributed by atoms with E-state index in [-0.39, 0.29) is 13.0 Å². The van der Waals surface area contributed by atoms with Gasteiger partial charge in [-0.25, -0.2) is 4.98 Å². The number of nitrogens with zero attached hydrogens (tertiary/aromatic N) is 1. The van der Waals surface area contributed by atoms with Crippen molar-refractivity contribution < 1.29 is 13.2 Å². The lowest BCUT2D eigenvalue weighted by Gasteiger charge is -2.24. The molecule has 14 heavy (non-hydrogen) atoms. The maximum absolute atomic E-state index is 12.3. The standard InChI is InChI=1S/C8H10F3N3/c1-4-13-5-2-7(8(9,10)11)12-3-6(5)14-4/h7,12H,2-3H2,1H3,(H,13,14). The number of halogens is 3. The lowest BCUT2D eigenvalue weighted by molar-refractivity contribution is -0.157. The summed E-state index contributed by atoms with van der Waals surface area (Å²) in [5.41, 5.74) is 1.30. The molecule has 78 valence electrons. The van der Waals surface area contributed by atoms with Gasteiger partial charge in [0, 0.05) is 13.0 Å². The van der Waals surface area contributed by atoms with Crippen LogP contribution in [-0.2, 0) is 13.0 Å². The predicted molar refractivity (Wildman–Crippen MR) is 43.7 cm³/mol. The van der Waals surface area contributed by atoms with Crippen molar-refractivity contribution in [1.82, 2.24) is 15.3 Å². The molecular weight excluding hydrogens is 195 g/mol. The van der Waals surface area contributed by atoms with E-state index in [0.717, 1.165) is 5.69 Å². The third kappa shape index (κ3) is 1.61. The highest BCUT2D eigenvalue weighted by Gasteiger charge is 2.41. The molecule has 0 aliphatic carbocycles. The third-order valence-corrected chi connectivity index (χ3v) is 2.30. The number of fused-ring (bicyclic) bond motifs is 1. The summed E-state index contributed by atoms with van der Waals surface area (Å²) in [6, 6.07) is -1.46. The Labute approximate surface area is 78.7 Å². The van der Waals surface area contributed by atoms with E-state index in [9.17, 15) is 13.2 Å². The van der Waals surface area contributed by atoms with Gasteiger partial charge in [0.25, 0.3) is 0 Å². The summed E-state index contributed by atoms with van der Waals surface area (Å²) in [5.74, 6) is 0.666. The summed E-state index contributed by atoms with van der Waals surface area (Å²) >= 11 is 0. The second-order valence-electron chi connectivity index (χ2n) is 3.43. The van der Waals surface area contributed by atoms with Crippen molar-refractivity contribution in [1.29, 1.82) is 0 Å². The van der Waals surface area contributed by atoms with E-state index in [1.165, 1.54) is 0 Å². The summed E-state index contributed by atoms with van der Waals surface area (Å²) in [6.45, 7) is 1.95. The number of aryl methyl sites for hydroxylation is 1. The molecule has 0 radical (unpaired) electrons. The van der Waals surface area contributed by atoms with Gasteiger partial charge < -0.3 is 10.3 Å². The molecule has 0 amide bonds. The number of aromatic amines is 1. The molecule has 0 fully saturated rings. The summed E-state index contributed by atoms with van der Waals surface area (Å²) in [7, 11) is 0. The van der Waals surface area contributed by atoms with E-state index in [1.54, 1.807) is 6.92 Å². The fourth-order valence-corrected chi connectivity index (χ4v) is 1.63. The van der Waals surface area contributed by atoms with Crippen molar-refractivity contribution in [2.75, 3.05) is 0 Å². The van der Waals surface area contributed by atoms with E-state index in [1.807, 2.05) is 0 Å². The number of aromatic nitrogens is 2. The zero-order chi connectivity index (χ0) is 10.3. The number of hydrogen-bond donors (Lipinski definition) is 2. The van der Waals surface area contributed by atoms with E-state index >= 15 is 0 Å². The van der Waals surface area contributed by atoms with E-state index in [0.29, 0.717) is 11.5 Å². The van der Waals surface area contributed by atoms with Crippen LogP contribution in [0.5, 0.6) is 0 Å². The van der Waals surface area contributed by atoms with Crippen LogP contribution in [-0.4, -0.2) is 22.2 Å². The SMILES string of the molecule is Cc1nc2c([nH]1)CNC(C(F)(F)F)C2. The number of imidazole rings is 1. The lowest BCUT2D eigenvalue weighted by atomic mass is 10.1. The number of hydrogen-bond acceptors (Lipinski definition) is 2. The molecule has 0 saturated carbocycles. The van der Waals surface area contributed by atoms with Crippen LogP contribution >= 0.6 is 0 Å². The fraction of sp³-hybridized carbons (Fsp3) is 0.625. The minimum Gasteiger partial charge on any atom is -0.345 e. The van der Waals surface area contributed by atoms with Crippen molar-refractivity contribution in [2.45, 2.75) is 32.1 Å². The highest BCUT2D eigenvalue weighted by atomic mass is 19.4. The summed E-state index contributed by atoms with van der Waals surface area (Å²) < 4.78 is 37.0. The van der Waals surface area contributed by atoms with Crippen molar-refractivity contribution >= 4 is 0 Å². The third-order valence-electron chi connectivity index (χ3n) is 2.30. The Morgan fingerprint density at radius 1 is 1.43 bits per heavy atom. The van der Waals surface area contributed by atoms with Gasteiger partial charge in [-0.2, -0.15) is 13.2 Å². The molecule has 6 heteroatoms. The largest absolute Gasteiger partial charge is 0.404 e. The molecule has 0 spiro atoms. The van der Waals surface area contributed by atoms with Gasteiger partial charge in [0.1, 0.15) is 11.9 Å². The minimum absolute atomic E-state index is 0.0802. The molecule has 2 N–H and O–H groups in total. The molecule has 0 aromatic carbocycles. The van der Waals surface area contributed by atoms with Crippen molar-refractivity contribution in [3.8, 4) is 0 Å². The first-order valence-electron chi connectivity index (χ1n) is 4.31. The van der Waals surface area contributed by atoms with Crippen LogP contribution in [0.2, 0.25) is 0 Å². The zero-order valence-electron chi connectivity index (χ0n) is 7.57. The molecule has 0 saturated heterocycles. The Morgan fingerprint density at radius 3 is 2.79 bits per heavy atom. The number of alkyl halides is 3. The normalized spacial score (nSPS) is 22.1. The Kier molecular flexibility index (Phi) is 2.02. The van der Waals surface area contributed by atoms with Crippen LogP contribution in [0, 0.1) is 6.92 Å². The molecule has 1 aliphatic rings. The minimum atomic E-state index is -4.19. The maximum atomic E-state index is 12.3. The van der Waals surface area contributed by atoms with Gasteiger partial charge in [-0.3, -0.25) is 0 Å². The van der Waals surface area contributed by atoms with Crippen LogP contribution in [0.15, 0.2) is 0 Å². The molecule has 2 rings (SSSR count). The van der Waals surface area contributed by atoms with Crippen LogP contribution < -0.4 is 5.32 Å². The lowest BCUT2D eigenvalue weighted by Crippen LogP contribution is -2.46. The zero-order valence-corrected chi connectivity index (χ0v) is 7.57. The van der Waals surface area contributed by atoms with Crippen LogP contribution in [0.25, 0.3) is 0 Å². The Balaban J connectivity index is 2.21. The average Bonchev–Trinajstić information content (AvgIpc) is 2.41. The molecule has 1 unspecified atom stereocenters. The smallest absolute Gasteiger partial charge is 0.345 e. The van der Waals surface area contributed by atoms with Crippen molar-refractivity contribution in [3.63, 3.8) is 0 Å². The van der Waals surface area contributed by atoms with Gasteiger partial charge in [0.2, 0.25) is 0 Å². The molecule has 2 heterocycles. The topological polar surface area (TPSA) is 40.7 Å². The van der Waals surface area contributed by atoms with Crippen LogP contribution in [0.3, 0.4) is 0 Å². The Morgan fingerprint density at radius 2 is 2.14 bits per heavy atom. The van der Waals surface area contributed by atoms with Gasteiger partial charge in [-0.1, -0.05) is 0 Å². The molecule has 1 atom stereocenters. The van der Waals surface area contributed by atoms with Crippen LogP contribution in [0.4, 0.5) is 13.2 Å². The number of nitrogens with one attached hydrogen (secondary N) is 2. The van der Waals surface area contributed by atoms with E-state index in [2.05, 4.69) is 15.3 Å². The van der Waals surface area contributed by atoms with Gasteiger partial charge in [0.15, 0.2) is 0 Å². The summed E-state index contributed by atoms with van der Waals surface area (Å²) in [5, 5.41) is 2.43. The molecule has 1 aromatic heterocycles. The second-order valence-corrected chi connectivity index (χ2v) is 3.43. The van der Waals surface area contributed by atoms with Gasteiger partial charge in [-0.05, 0) is 6.92 Å². The van der Waals surface area contributed by atoms with Crippen molar-refractivity contribution in [2.24, 2.45) is 0 Å². The van der Waals surface area contributed by atoms with Gasteiger partial charge >= 0.3 is 6.18 Å². The molecule has 1 aliphatic heterocycles. The highest BCUT2D eigenvalue weighted by Crippen LogP contribution is 2.26. The Hall–Kier alpha value is -1.04. The highest BCUT2D eigenvalue weighted by molar-refractivity contribution is 5.19. The first-order chi connectivity index (χ1) is 6.47. The number of H-pyrrole nitrogens is 1. The predicted octanol–water partition coefficient (Wildman–Crippen LogP) is 1.29. The van der Waals surface area contributed by atoms with E-state index in [4.69, 9.17) is 0 Å². The molecule has 0 bridgehead atoms. The average molecular weight is 205 g/mol. The number of rotatable bonds is 0. The maximum Gasteiger partial charge on any atom is 0.404 e. The first kappa shape index (κ1) is 9.51.